The van der Waals surface area contributed by atoms with E-state index < -0.39 is 11.9 Å². The van der Waals surface area contributed by atoms with E-state index in [2.05, 4.69) is 30.4 Å². The van der Waals surface area contributed by atoms with Crippen LogP contribution in [0.3, 0.4) is 0 Å². The summed E-state index contributed by atoms with van der Waals surface area (Å²) in [6.45, 7) is 1.17. The van der Waals surface area contributed by atoms with Gasteiger partial charge in [0.05, 0.1) is 6.20 Å². The van der Waals surface area contributed by atoms with Gasteiger partial charge in [-0.2, -0.15) is 23.3 Å². The third-order valence-electron chi connectivity index (χ3n) is 4.69. The van der Waals surface area contributed by atoms with Crippen molar-refractivity contribution >= 4 is 22.8 Å². The van der Waals surface area contributed by atoms with E-state index in [1.807, 2.05) is 4.90 Å². The van der Waals surface area contributed by atoms with E-state index in [1.165, 1.54) is 10.9 Å². The first-order chi connectivity index (χ1) is 13.3. The van der Waals surface area contributed by atoms with E-state index in [-0.39, 0.29) is 17.4 Å². The summed E-state index contributed by atoms with van der Waals surface area (Å²) < 4.78 is 39.8. The zero-order valence-corrected chi connectivity index (χ0v) is 14.9. The molecule has 148 valence electrons. The Morgan fingerprint density at radius 2 is 2.00 bits per heavy atom. The Morgan fingerprint density at radius 3 is 2.71 bits per heavy atom. The molecule has 1 aliphatic heterocycles. The number of hydrogen-bond donors (Lipinski definition) is 2. The molecule has 0 amide bonds. The van der Waals surface area contributed by atoms with Crippen molar-refractivity contribution in [2.75, 3.05) is 23.3 Å². The van der Waals surface area contributed by atoms with Gasteiger partial charge in [-0.3, -0.25) is 14.5 Å². The minimum Gasteiger partial charge on any atom is -0.367 e. The second-order valence-electron chi connectivity index (χ2n) is 6.59. The minimum absolute atomic E-state index is 0.0422. The standard InChI is InChI=1S/C16H17F3N8O/c1-26-13-10(7-22-26)14(28)25-15(24-13)27-4-2-9(3-5-27)23-12-6-11(16(17,18)19)20-8-21-12/h6-9H,2-5H2,1H3,(H,20,21,23)(H,24,25,28). The molecule has 0 aliphatic carbocycles. The Kier molecular flexibility index (Phi) is 4.40. The number of aromatic amines is 1. The fourth-order valence-electron chi connectivity index (χ4n) is 3.21. The number of alkyl halides is 3. The lowest BCUT2D eigenvalue weighted by Gasteiger charge is -2.32. The lowest BCUT2D eigenvalue weighted by atomic mass is 10.1. The number of nitrogens with zero attached hydrogens (tertiary/aromatic N) is 6. The Balaban J connectivity index is 1.44. The van der Waals surface area contributed by atoms with Gasteiger partial charge in [-0.15, -0.1) is 0 Å². The molecule has 0 radical (unpaired) electrons. The van der Waals surface area contributed by atoms with Crippen molar-refractivity contribution in [1.82, 2.24) is 29.7 Å². The SMILES string of the molecule is Cn1ncc2c(=O)[nH]c(N3CCC(Nc4cc(C(F)(F)F)ncn4)CC3)nc21. The third-order valence-corrected chi connectivity index (χ3v) is 4.69. The molecule has 0 spiro atoms. The lowest BCUT2D eigenvalue weighted by Crippen LogP contribution is -2.40. The number of nitrogens with one attached hydrogen (secondary N) is 2. The van der Waals surface area contributed by atoms with Crippen molar-refractivity contribution in [2.24, 2.45) is 7.05 Å². The van der Waals surface area contributed by atoms with Crippen molar-refractivity contribution in [1.29, 1.82) is 0 Å². The molecule has 4 rings (SSSR count). The number of H-pyrrole nitrogens is 1. The van der Waals surface area contributed by atoms with Gasteiger partial charge in [0.1, 0.15) is 23.2 Å². The highest BCUT2D eigenvalue weighted by molar-refractivity contribution is 5.74. The third kappa shape index (κ3) is 3.49. The molecule has 0 atom stereocenters. The number of halogens is 3. The van der Waals surface area contributed by atoms with Crippen LogP contribution in [0.1, 0.15) is 18.5 Å². The molecule has 0 saturated carbocycles. The van der Waals surface area contributed by atoms with Crippen LogP contribution in [0.5, 0.6) is 0 Å². The smallest absolute Gasteiger partial charge is 0.367 e. The molecular formula is C16H17F3N8O. The van der Waals surface area contributed by atoms with Crippen LogP contribution in [0.25, 0.3) is 11.0 Å². The molecule has 1 fully saturated rings. The van der Waals surface area contributed by atoms with Gasteiger partial charge >= 0.3 is 6.18 Å². The molecule has 0 bridgehead atoms. The molecule has 9 nitrogen and oxygen atoms in total. The summed E-state index contributed by atoms with van der Waals surface area (Å²) in [7, 11) is 1.71. The Morgan fingerprint density at radius 1 is 1.25 bits per heavy atom. The zero-order valence-electron chi connectivity index (χ0n) is 14.9. The van der Waals surface area contributed by atoms with Crippen molar-refractivity contribution < 1.29 is 13.2 Å². The van der Waals surface area contributed by atoms with Gasteiger partial charge in [0.2, 0.25) is 5.95 Å². The largest absolute Gasteiger partial charge is 0.433 e. The van der Waals surface area contributed by atoms with Gasteiger partial charge in [-0.05, 0) is 12.8 Å². The summed E-state index contributed by atoms with van der Waals surface area (Å²) in [5, 5.41) is 7.49. The van der Waals surface area contributed by atoms with Gasteiger partial charge in [0.25, 0.3) is 5.56 Å². The maximum atomic E-state index is 12.8. The second kappa shape index (κ2) is 6.77. The molecule has 1 saturated heterocycles. The van der Waals surface area contributed by atoms with Gasteiger partial charge in [-0.1, -0.05) is 0 Å². The molecule has 2 N–H and O–H groups in total. The second-order valence-corrected chi connectivity index (χ2v) is 6.59. The van der Waals surface area contributed by atoms with Crippen molar-refractivity contribution in [2.45, 2.75) is 25.1 Å². The molecule has 0 unspecified atom stereocenters. The highest BCUT2D eigenvalue weighted by atomic mass is 19.4. The van der Waals surface area contributed by atoms with E-state index in [0.29, 0.717) is 42.9 Å². The normalized spacial score (nSPS) is 15.9. The number of hydrogen-bond acceptors (Lipinski definition) is 7. The maximum absolute atomic E-state index is 12.8. The summed E-state index contributed by atoms with van der Waals surface area (Å²) in [5.41, 5.74) is -0.734. The summed E-state index contributed by atoms with van der Waals surface area (Å²) >= 11 is 0. The highest BCUT2D eigenvalue weighted by Gasteiger charge is 2.33. The Hall–Kier alpha value is -3.18. The first kappa shape index (κ1) is 18.2. The van der Waals surface area contributed by atoms with Crippen molar-refractivity contribution in [3.8, 4) is 0 Å². The van der Waals surface area contributed by atoms with Crippen LogP contribution in [-0.2, 0) is 13.2 Å². The zero-order chi connectivity index (χ0) is 19.9. The van der Waals surface area contributed by atoms with Crippen LogP contribution >= 0.6 is 0 Å². The van der Waals surface area contributed by atoms with Gasteiger partial charge in [-0.25, -0.2) is 9.97 Å². The molecule has 3 aromatic rings. The predicted octanol–water partition coefficient (Wildman–Crippen LogP) is 1.55. The van der Waals surface area contributed by atoms with Crippen molar-refractivity contribution in [3.05, 3.63) is 34.6 Å². The Labute approximate surface area is 156 Å². The summed E-state index contributed by atoms with van der Waals surface area (Å²) in [6.07, 6.45) is -0.836. The summed E-state index contributed by atoms with van der Waals surface area (Å²) in [5.74, 6) is 0.601. The topological polar surface area (TPSA) is 105 Å². The van der Waals surface area contributed by atoms with E-state index in [1.54, 1.807) is 7.05 Å². The average Bonchev–Trinajstić information content (AvgIpc) is 3.03. The van der Waals surface area contributed by atoms with E-state index in [9.17, 15) is 18.0 Å². The maximum Gasteiger partial charge on any atom is 0.433 e. The number of rotatable bonds is 3. The van der Waals surface area contributed by atoms with Crippen LogP contribution < -0.4 is 15.8 Å². The molecule has 4 heterocycles. The van der Waals surface area contributed by atoms with E-state index >= 15 is 0 Å². The highest BCUT2D eigenvalue weighted by Crippen LogP contribution is 2.28. The quantitative estimate of drug-likeness (QED) is 0.694. The van der Waals surface area contributed by atoms with Gasteiger partial charge in [0, 0.05) is 32.2 Å². The minimum atomic E-state index is -4.51. The number of aromatic nitrogens is 6. The van der Waals surface area contributed by atoms with Crippen LogP contribution in [0.15, 0.2) is 23.4 Å². The molecule has 1 aliphatic rings. The molecule has 3 aromatic heterocycles. The van der Waals surface area contributed by atoms with Crippen LogP contribution in [0.4, 0.5) is 24.9 Å². The fourth-order valence-corrected chi connectivity index (χ4v) is 3.21. The van der Waals surface area contributed by atoms with Gasteiger partial charge < -0.3 is 10.2 Å². The summed E-state index contributed by atoms with van der Waals surface area (Å²) in [6, 6.07) is 0.862. The number of anilines is 2. The molecule has 28 heavy (non-hydrogen) atoms. The fraction of sp³-hybridized carbons (Fsp3) is 0.438. The molecular weight excluding hydrogens is 377 g/mol. The van der Waals surface area contributed by atoms with Crippen molar-refractivity contribution in [3.63, 3.8) is 0 Å². The first-order valence-corrected chi connectivity index (χ1v) is 8.64. The van der Waals surface area contributed by atoms with Crippen LogP contribution in [0.2, 0.25) is 0 Å². The predicted molar refractivity (Wildman–Crippen MR) is 95.0 cm³/mol. The average molecular weight is 394 g/mol. The van der Waals surface area contributed by atoms with Crippen LogP contribution in [-0.4, -0.2) is 48.8 Å². The molecule has 12 heteroatoms. The van der Waals surface area contributed by atoms with Gasteiger partial charge in [0.15, 0.2) is 5.65 Å². The Bertz CT molecular complexity index is 1050. The lowest BCUT2D eigenvalue weighted by molar-refractivity contribution is -0.141. The van der Waals surface area contributed by atoms with E-state index in [0.717, 1.165) is 12.4 Å². The molecule has 0 aromatic carbocycles. The number of fused-ring (bicyclic) bond motifs is 1. The first-order valence-electron chi connectivity index (χ1n) is 8.64. The number of aryl methyl sites for hydroxylation is 1. The number of piperidine rings is 1. The monoisotopic (exact) mass is 394 g/mol. The summed E-state index contributed by atoms with van der Waals surface area (Å²) in [4.78, 5) is 28.5. The van der Waals surface area contributed by atoms with Crippen LogP contribution in [0, 0.1) is 0 Å². The van der Waals surface area contributed by atoms with E-state index in [4.69, 9.17) is 0 Å².